The third kappa shape index (κ3) is 3.09. The fraction of sp³-hybridized carbons (Fsp3) is 0.231. The third-order valence-electron chi connectivity index (χ3n) is 2.75. The van der Waals surface area contributed by atoms with Gasteiger partial charge in [-0.15, -0.1) is 0 Å². The molecule has 1 aromatic heterocycles. The molecule has 100 valence electrons. The van der Waals surface area contributed by atoms with Crippen LogP contribution < -0.4 is 5.73 Å². The average Bonchev–Trinajstić information content (AvgIpc) is 2.75. The van der Waals surface area contributed by atoms with Crippen molar-refractivity contribution in [1.82, 2.24) is 9.78 Å². The summed E-state index contributed by atoms with van der Waals surface area (Å²) in [7, 11) is 1.81. The molecule has 2 rings (SSSR count). The third-order valence-corrected chi connectivity index (χ3v) is 2.75. The van der Waals surface area contributed by atoms with Crippen LogP contribution in [0.2, 0.25) is 0 Å². The van der Waals surface area contributed by atoms with Crippen molar-refractivity contribution < 1.29 is 13.9 Å². The maximum atomic E-state index is 12.9. The Balaban J connectivity index is 1.93. The molecule has 0 saturated carbocycles. The van der Waals surface area contributed by atoms with Crippen LogP contribution in [0.25, 0.3) is 0 Å². The lowest BCUT2D eigenvalue weighted by molar-refractivity contribution is 0.0509. The van der Waals surface area contributed by atoms with E-state index in [2.05, 4.69) is 5.10 Å². The van der Waals surface area contributed by atoms with Crippen molar-refractivity contribution in [2.45, 2.75) is 6.42 Å². The van der Waals surface area contributed by atoms with Crippen molar-refractivity contribution in [3.05, 3.63) is 47.5 Å². The minimum absolute atomic E-state index is 0.0746. The van der Waals surface area contributed by atoms with Crippen LogP contribution in [-0.2, 0) is 18.2 Å². The maximum absolute atomic E-state index is 12.9. The Morgan fingerprint density at radius 3 is 2.89 bits per heavy atom. The van der Waals surface area contributed by atoms with Gasteiger partial charge in [0.05, 0.1) is 12.2 Å². The molecular weight excluding hydrogens is 249 g/mol. The molecule has 0 unspecified atom stereocenters. The molecule has 0 spiro atoms. The number of esters is 1. The summed E-state index contributed by atoms with van der Waals surface area (Å²) in [4.78, 5) is 11.7. The van der Waals surface area contributed by atoms with Crippen LogP contribution in [-0.4, -0.2) is 22.4 Å². The van der Waals surface area contributed by atoms with Gasteiger partial charge in [0.1, 0.15) is 5.82 Å². The van der Waals surface area contributed by atoms with Crippen LogP contribution in [0.1, 0.15) is 16.1 Å². The van der Waals surface area contributed by atoms with E-state index in [1.54, 1.807) is 10.9 Å². The summed E-state index contributed by atoms with van der Waals surface area (Å²) in [6, 6.07) is 5.43. The smallest absolute Gasteiger partial charge is 0.340 e. The second-order valence-corrected chi connectivity index (χ2v) is 4.06. The van der Waals surface area contributed by atoms with Crippen LogP contribution in [0.3, 0.4) is 0 Å². The number of hydrogen-bond acceptors (Lipinski definition) is 4. The number of aromatic nitrogens is 2. The second kappa shape index (κ2) is 5.51. The lowest BCUT2D eigenvalue weighted by Crippen LogP contribution is -2.12. The van der Waals surface area contributed by atoms with Gasteiger partial charge in [-0.3, -0.25) is 4.68 Å². The highest BCUT2D eigenvalue weighted by atomic mass is 19.1. The van der Waals surface area contributed by atoms with Gasteiger partial charge in [0, 0.05) is 31.0 Å². The first-order chi connectivity index (χ1) is 9.08. The first-order valence-electron chi connectivity index (χ1n) is 5.77. The number of carbonyl (C=O) groups is 1. The van der Waals surface area contributed by atoms with Gasteiger partial charge in [0.25, 0.3) is 0 Å². The molecule has 5 nitrogen and oxygen atoms in total. The van der Waals surface area contributed by atoms with Crippen molar-refractivity contribution >= 4 is 11.7 Å². The van der Waals surface area contributed by atoms with Crippen molar-refractivity contribution in [3.8, 4) is 0 Å². The first kappa shape index (κ1) is 13.1. The second-order valence-electron chi connectivity index (χ2n) is 4.06. The number of anilines is 1. The van der Waals surface area contributed by atoms with E-state index in [1.165, 1.54) is 12.1 Å². The SMILES string of the molecule is Cn1nccc1CCOC(=O)c1ccc(F)cc1N. The van der Waals surface area contributed by atoms with Gasteiger partial charge in [-0.25, -0.2) is 9.18 Å². The molecule has 0 amide bonds. The summed E-state index contributed by atoms with van der Waals surface area (Å²) in [5, 5.41) is 4.01. The highest BCUT2D eigenvalue weighted by Crippen LogP contribution is 2.14. The van der Waals surface area contributed by atoms with Crippen LogP contribution in [0.15, 0.2) is 30.5 Å². The molecule has 0 saturated heterocycles. The molecule has 0 bridgehead atoms. The molecule has 1 aromatic carbocycles. The van der Waals surface area contributed by atoms with Gasteiger partial charge in [-0.05, 0) is 24.3 Å². The van der Waals surface area contributed by atoms with Gasteiger partial charge < -0.3 is 10.5 Å². The predicted molar refractivity (Wildman–Crippen MR) is 68.0 cm³/mol. The van der Waals surface area contributed by atoms with E-state index in [0.717, 1.165) is 11.8 Å². The zero-order valence-corrected chi connectivity index (χ0v) is 10.5. The Hall–Kier alpha value is -2.37. The molecule has 1 heterocycles. The minimum Gasteiger partial charge on any atom is -0.462 e. The Labute approximate surface area is 109 Å². The van der Waals surface area contributed by atoms with E-state index in [1.807, 2.05) is 13.1 Å². The van der Waals surface area contributed by atoms with Gasteiger partial charge in [-0.1, -0.05) is 0 Å². The summed E-state index contributed by atoms with van der Waals surface area (Å²) >= 11 is 0. The van der Waals surface area contributed by atoms with Crippen LogP contribution >= 0.6 is 0 Å². The minimum atomic E-state index is -0.556. The molecule has 0 atom stereocenters. The zero-order valence-electron chi connectivity index (χ0n) is 10.5. The van der Waals surface area contributed by atoms with E-state index in [0.29, 0.717) is 6.42 Å². The van der Waals surface area contributed by atoms with Crippen LogP contribution in [0, 0.1) is 5.82 Å². The molecule has 0 fully saturated rings. The summed E-state index contributed by atoms with van der Waals surface area (Å²) < 4.78 is 19.7. The lowest BCUT2D eigenvalue weighted by Gasteiger charge is -2.07. The molecule has 0 aliphatic carbocycles. The number of halogens is 1. The monoisotopic (exact) mass is 263 g/mol. The molecule has 0 aliphatic heterocycles. The number of nitrogens with two attached hydrogens (primary N) is 1. The number of ether oxygens (including phenoxy) is 1. The van der Waals surface area contributed by atoms with Crippen molar-refractivity contribution in [1.29, 1.82) is 0 Å². The molecular formula is C13H14FN3O2. The highest BCUT2D eigenvalue weighted by Gasteiger charge is 2.12. The largest absolute Gasteiger partial charge is 0.462 e. The molecule has 0 radical (unpaired) electrons. The van der Waals surface area contributed by atoms with Gasteiger partial charge >= 0.3 is 5.97 Å². The lowest BCUT2D eigenvalue weighted by atomic mass is 10.2. The predicted octanol–water partition coefficient (Wildman–Crippen LogP) is 1.54. The Morgan fingerprint density at radius 1 is 1.47 bits per heavy atom. The summed E-state index contributed by atoms with van der Waals surface area (Å²) in [5.74, 6) is -1.04. The number of nitrogens with zero attached hydrogens (tertiary/aromatic N) is 2. The van der Waals surface area contributed by atoms with Crippen molar-refractivity contribution in [2.24, 2.45) is 7.05 Å². The number of aryl methyl sites for hydroxylation is 1. The first-order valence-corrected chi connectivity index (χ1v) is 5.77. The van der Waals surface area contributed by atoms with E-state index < -0.39 is 11.8 Å². The van der Waals surface area contributed by atoms with E-state index in [-0.39, 0.29) is 17.9 Å². The summed E-state index contributed by atoms with van der Waals surface area (Å²) in [6.07, 6.45) is 2.23. The molecule has 2 aromatic rings. The fourth-order valence-corrected chi connectivity index (χ4v) is 1.69. The standard InChI is InChI=1S/C13H14FN3O2/c1-17-10(4-6-16-17)5-7-19-13(18)11-3-2-9(14)8-12(11)15/h2-4,6,8H,5,7,15H2,1H3. The Morgan fingerprint density at radius 2 is 2.26 bits per heavy atom. The maximum Gasteiger partial charge on any atom is 0.340 e. The summed E-state index contributed by atoms with van der Waals surface area (Å²) in [6.45, 7) is 0.217. The topological polar surface area (TPSA) is 70.1 Å². The van der Waals surface area contributed by atoms with E-state index in [4.69, 9.17) is 10.5 Å². The fourth-order valence-electron chi connectivity index (χ4n) is 1.69. The van der Waals surface area contributed by atoms with E-state index in [9.17, 15) is 9.18 Å². The highest BCUT2D eigenvalue weighted by molar-refractivity contribution is 5.94. The molecule has 19 heavy (non-hydrogen) atoms. The number of nitrogen functional groups attached to an aromatic ring is 1. The normalized spacial score (nSPS) is 10.4. The molecule has 0 aliphatic rings. The molecule has 2 N–H and O–H groups in total. The van der Waals surface area contributed by atoms with E-state index >= 15 is 0 Å². The Kier molecular flexibility index (Phi) is 3.79. The Bertz CT molecular complexity index is 595. The van der Waals surface area contributed by atoms with Gasteiger partial charge in [-0.2, -0.15) is 5.10 Å². The molecule has 6 heteroatoms. The van der Waals surface area contributed by atoms with Crippen LogP contribution in [0.5, 0.6) is 0 Å². The average molecular weight is 263 g/mol. The summed E-state index contributed by atoms with van der Waals surface area (Å²) in [5.41, 5.74) is 6.76. The number of rotatable bonds is 4. The number of hydrogen-bond donors (Lipinski definition) is 1. The van der Waals surface area contributed by atoms with Crippen molar-refractivity contribution in [2.75, 3.05) is 12.3 Å². The van der Waals surface area contributed by atoms with Crippen molar-refractivity contribution in [3.63, 3.8) is 0 Å². The quantitative estimate of drug-likeness (QED) is 0.671. The zero-order chi connectivity index (χ0) is 13.8. The van der Waals surface area contributed by atoms with Gasteiger partial charge in [0.2, 0.25) is 0 Å². The van der Waals surface area contributed by atoms with Crippen LogP contribution in [0.4, 0.5) is 10.1 Å². The van der Waals surface area contributed by atoms with Gasteiger partial charge in [0.15, 0.2) is 0 Å². The number of carbonyl (C=O) groups excluding carboxylic acids is 1. The number of benzene rings is 1.